The van der Waals surface area contributed by atoms with Crippen LogP contribution in [0.2, 0.25) is 0 Å². The van der Waals surface area contributed by atoms with Crippen LogP contribution in [0.1, 0.15) is 36.2 Å². The van der Waals surface area contributed by atoms with Crippen molar-refractivity contribution in [2.75, 3.05) is 19.8 Å². The number of carbonyl (C=O) groups is 1. The summed E-state index contributed by atoms with van der Waals surface area (Å²) in [7, 11) is 0. The molecule has 4 nitrogen and oxygen atoms in total. The van der Waals surface area contributed by atoms with Gasteiger partial charge in [0, 0.05) is 12.1 Å². The van der Waals surface area contributed by atoms with E-state index in [2.05, 4.69) is 47.8 Å². The molecule has 0 fully saturated rings. The van der Waals surface area contributed by atoms with Crippen LogP contribution in [0.3, 0.4) is 0 Å². The van der Waals surface area contributed by atoms with Crippen LogP contribution in [0.25, 0.3) is 10.8 Å². The highest BCUT2D eigenvalue weighted by Gasteiger charge is 2.11. The number of ether oxygens (including phenoxy) is 2. The number of benzene rings is 3. The molecule has 146 valence electrons. The Hall–Kier alpha value is -3.01. The number of carbonyl (C=O) groups excluding carboxylic acids is 1. The first-order valence-electron chi connectivity index (χ1n) is 9.87. The van der Waals surface area contributed by atoms with E-state index in [1.807, 2.05) is 13.8 Å². The fourth-order valence-electron chi connectivity index (χ4n) is 3.29. The molecule has 3 rings (SSSR count). The summed E-state index contributed by atoms with van der Waals surface area (Å²) in [5.74, 6) is 1.17. The number of hydrogen-bond donors (Lipinski definition) is 1. The molecule has 4 heteroatoms. The topological polar surface area (TPSA) is 47.6 Å². The van der Waals surface area contributed by atoms with Gasteiger partial charge >= 0.3 is 0 Å². The van der Waals surface area contributed by atoms with Crippen LogP contribution in [0.15, 0.2) is 60.7 Å². The Kier molecular flexibility index (Phi) is 6.90. The molecule has 0 bridgehead atoms. The molecule has 0 heterocycles. The predicted molar refractivity (Wildman–Crippen MR) is 113 cm³/mol. The lowest BCUT2D eigenvalue weighted by Gasteiger charge is -2.12. The molecule has 1 N–H and O–H groups in total. The molecule has 28 heavy (non-hydrogen) atoms. The highest BCUT2D eigenvalue weighted by molar-refractivity contribution is 5.94. The SMILES string of the molecule is CCOc1ccc(C(=O)NCCCc2cccc3ccccc23)cc1OCC. The molecular weight excluding hydrogens is 350 g/mol. The monoisotopic (exact) mass is 377 g/mol. The molecule has 0 aliphatic rings. The lowest BCUT2D eigenvalue weighted by Crippen LogP contribution is -2.24. The predicted octanol–water partition coefficient (Wildman–Crippen LogP) is 5.00. The van der Waals surface area contributed by atoms with Crippen molar-refractivity contribution in [2.45, 2.75) is 26.7 Å². The van der Waals surface area contributed by atoms with Crippen molar-refractivity contribution in [3.8, 4) is 11.5 Å². The highest BCUT2D eigenvalue weighted by atomic mass is 16.5. The van der Waals surface area contributed by atoms with Crippen LogP contribution >= 0.6 is 0 Å². The summed E-state index contributed by atoms with van der Waals surface area (Å²) < 4.78 is 11.1. The van der Waals surface area contributed by atoms with E-state index in [0.29, 0.717) is 36.8 Å². The van der Waals surface area contributed by atoms with Gasteiger partial charge in [0.2, 0.25) is 0 Å². The Labute approximate surface area is 166 Å². The van der Waals surface area contributed by atoms with E-state index in [0.717, 1.165) is 12.8 Å². The second-order valence-corrected chi connectivity index (χ2v) is 6.53. The van der Waals surface area contributed by atoms with Gasteiger partial charge in [0.05, 0.1) is 13.2 Å². The van der Waals surface area contributed by atoms with Crippen molar-refractivity contribution in [3.63, 3.8) is 0 Å². The van der Waals surface area contributed by atoms with Crippen molar-refractivity contribution in [2.24, 2.45) is 0 Å². The summed E-state index contributed by atoms with van der Waals surface area (Å²) in [5, 5.41) is 5.54. The molecule has 0 aromatic heterocycles. The molecule has 0 saturated heterocycles. The van der Waals surface area contributed by atoms with Crippen LogP contribution in [0.4, 0.5) is 0 Å². The molecule has 3 aromatic carbocycles. The first-order chi connectivity index (χ1) is 13.7. The largest absolute Gasteiger partial charge is 0.490 e. The van der Waals surface area contributed by atoms with Gasteiger partial charge in [-0.15, -0.1) is 0 Å². The first-order valence-corrected chi connectivity index (χ1v) is 9.87. The van der Waals surface area contributed by atoms with Crippen LogP contribution in [0.5, 0.6) is 11.5 Å². The third-order valence-corrected chi connectivity index (χ3v) is 4.59. The number of rotatable bonds is 9. The van der Waals surface area contributed by atoms with Crippen molar-refractivity contribution in [3.05, 3.63) is 71.8 Å². The van der Waals surface area contributed by atoms with Gasteiger partial charge in [-0.05, 0) is 61.2 Å². The van der Waals surface area contributed by atoms with E-state index < -0.39 is 0 Å². The Morgan fingerprint density at radius 3 is 2.46 bits per heavy atom. The zero-order chi connectivity index (χ0) is 19.8. The maximum absolute atomic E-state index is 12.5. The lowest BCUT2D eigenvalue weighted by molar-refractivity contribution is 0.0952. The van der Waals surface area contributed by atoms with Gasteiger partial charge < -0.3 is 14.8 Å². The van der Waals surface area contributed by atoms with Gasteiger partial charge in [0.15, 0.2) is 11.5 Å². The van der Waals surface area contributed by atoms with Gasteiger partial charge in [-0.2, -0.15) is 0 Å². The number of amides is 1. The number of nitrogens with one attached hydrogen (secondary N) is 1. The molecular formula is C24H27NO3. The second kappa shape index (κ2) is 9.79. The van der Waals surface area contributed by atoms with Crippen molar-refractivity contribution in [1.82, 2.24) is 5.32 Å². The third kappa shape index (κ3) is 4.83. The quantitative estimate of drug-likeness (QED) is 0.534. The normalized spacial score (nSPS) is 10.6. The van der Waals surface area contributed by atoms with Gasteiger partial charge in [-0.1, -0.05) is 42.5 Å². The minimum absolute atomic E-state index is 0.0954. The maximum Gasteiger partial charge on any atom is 0.251 e. The van der Waals surface area contributed by atoms with Gasteiger partial charge in [0.25, 0.3) is 5.91 Å². The molecule has 0 radical (unpaired) electrons. The Balaban J connectivity index is 1.57. The highest BCUT2D eigenvalue weighted by Crippen LogP contribution is 2.28. The van der Waals surface area contributed by atoms with Crippen molar-refractivity contribution in [1.29, 1.82) is 0 Å². The average molecular weight is 377 g/mol. The Morgan fingerprint density at radius 1 is 0.893 bits per heavy atom. The number of fused-ring (bicyclic) bond motifs is 1. The molecule has 0 aliphatic carbocycles. The third-order valence-electron chi connectivity index (χ3n) is 4.59. The zero-order valence-electron chi connectivity index (χ0n) is 16.5. The smallest absolute Gasteiger partial charge is 0.251 e. The molecule has 0 saturated carbocycles. The average Bonchev–Trinajstić information content (AvgIpc) is 2.72. The molecule has 1 amide bonds. The van der Waals surface area contributed by atoms with Crippen LogP contribution < -0.4 is 14.8 Å². The Morgan fingerprint density at radius 2 is 1.64 bits per heavy atom. The number of hydrogen-bond acceptors (Lipinski definition) is 3. The van der Waals surface area contributed by atoms with Crippen molar-refractivity contribution >= 4 is 16.7 Å². The summed E-state index contributed by atoms with van der Waals surface area (Å²) in [4.78, 5) is 12.5. The molecule has 0 atom stereocenters. The number of aryl methyl sites for hydroxylation is 1. The second-order valence-electron chi connectivity index (χ2n) is 6.53. The van der Waals surface area contributed by atoms with E-state index in [4.69, 9.17) is 9.47 Å². The molecule has 0 unspecified atom stereocenters. The van der Waals surface area contributed by atoms with E-state index >= 15 is 0 Å². The Bertz CT molecular complexity index is 931. The van der Waals surface area contributed by atoms with E-state index in [1.54, 1.807) is 18.2 Å². The minimum Gasteiger partial charge on any atom is -0.490 e. The van der Waals surface area contributed by atoms with E-state index in [-0.39, 0.29) is 5.91 Å². The minimum atomic E-state index is -0.0954. The standard InChI is InChI=1S/C24H27NO3/c1-3-27-22-15-14-20(17-23(22)28-4-2)24(26)25-16-8-12-19-11-7-10-18-9-5-6-13-21(18)19/h5-7,9-11,13-15,17H,3-4,8,12,16H2,1-2H3,(H,25,26). The summed E-state index contributed by atoms with van der Waals surface area (Å²) >= 11 is 0. The van der Waals surface area contributed by atoms with E-state index in [1.165, 1.54) is 16.3 Å². The van der Waals surface area contributed by atoms with Gasteiger partial charge in [0.1, 0.15) is 0 Å². The molecule has 0 aliphatic heterocycles. The fraction of sp³-hybridized carbons (Fsp3) is 0.292. The first kappa shape index (κ1) is 19.7. The van der Waals surface area contributed by atoms with E-state index in [9.17, 15) is 4.79 Å². The lowest BCUT2D eigenvalue weighted by atomic mass is 10.0. The summed E-state index contributed by atoms with van der Waals surface area (Å²) in [5.41, 5.74) is 1.89. The van der Waals surface area contributed by atoms with Gasteiger partial charge in [-0.25, -0.2) is 0 Å². The molecule has 3 aromatic rings. The van der Waals surface area contributed by atoms with Crippen LogP contribution in [-0.4, -0.2) is 25.7 Å². The summed E-state index contributed by atoms with van der Waals surface area (Å²) in [6.07, 6.45) is 1.81. The zero-order valence-corrected chi connectivity index (χ0v) is 16.5. The summed E-state index contributed by atoms with van der Waals surface area (Å²) in [6, 6.07) is 20.1. The maximum atomic E-state index is 12.5. The summed E-state index contributed by atoms with van der Waals surface area (Å²) in [6.45, 7) is 5.54. The molecule has 0 spiro atoms. The van der Waals surface area contributed by atoms with Crippen molar-refractivity contribution < 1.29 is 14.3 Å². The van der Waals surface area contributed by atoms with Crippen LogP contribution in [0, 0.1) is 0 Å². The fourth-order valence-corrected chi connectivity index (χ4v) is 3.29. The van der Waals surface area contributed by atoms with Crippen LogP contribution in [-0.2, 0) is 6.42 Å². The van der Waals surface area contributed by atoms with Gasteiger partial charge in [-0.3, -0.25) is 4.79 Å².